The number of unbranched alkanes of at least 4 members (excludes halogenated alkanes) is 2. The smallest absolute Gasteiger partial charge is 0.312 e. The van der Waals surface area contributed by atoms with Crippen LogP contribution in [0, 0.1) is 5.41 Å². The molecule has 0 saturated heterocycles. The first-order valence-electron chi connectivity index (χ1n) is 8.02. The standard InChI is InChI=1S/C18H27NO3/c1-3-5-12-17(16(21)22,13-6-4-2)18(19,14-20)15-10-8-7-9-11-15/h7-11,14H,3-6,12-13,19H2,1-2H3,(H,21,22). The molecule has 1 aromatic carbocycles. The Morgan fingerprint density at radius 1 is 1.14 bits per heavy atom. The molecule has 22 heavy (non-hydrogen) atoms. The molecular weight excluding hydrogens is 278 g/mol. The molecule has 0 fully saturated rings. The maximum Gasteiger partial charge on any atom is 0.312 e. The van der Waals surface area contributed by atoms with Crippen LogP contribution in [0.2, 0.25) is 0 Å². The van der Waals surface area contributed by atoms with E-state index in [0.29, 0.717) is 24.7 Å². The second-order valence-electron chi connectivity index (χ2n) is 5.95. The van der Waals surface area contributed by atoms with Crippen LogP contribution >= 0.6 is 0 Å². The van der Waals surface area contributed by atoms with Crippen molar-refractivity contribution in [3.63, 3.8) is 0 Å². The van der Waals surface area contributed by atoms with E-state index in [0.717, 1.165) is 25.7 Å². The molecule has 0 spiro atoms. The Morgan fingerprint density at radius 3 is 2.00 bits per heavy atom. The van der Waals surface area contributed by atoms with Crippen LogP contribution < -0.4 is 5.73 Å². The first-order valence-corrected chi connectivity index (χ1v) is 8.02. The Hall–Kier alpha value is -1.68. The topological polar surface area (TPSA) is 80.4 Å². The van der Waals surface area contributed by atoms with Gasteiger partial charge >= 0.3 is 5.97 Å². The Morgan fingerprint density at radius 2 is 1.64 bits per heavy atom. The molecule has 4 heteroatoms. The molecule has 0 radical (unpaired) electrons. The number of carbonyl (C=O) groups excluding carboxylic acids is 1. The minimum atomic E-state index is -1.51. The zero-order valence-electron chi connectivity index (χ0n) is 13.5. The number of carbonyl (C=O) groups is 2. The molecule has 0 aliphatic heterocycles. The van der Waals surface area contributed by atoms with E-state index < -0.39 is 16.9 Å². The van der Waals surface area contributed by atoms with Gasteiger partial charge in [0.1, 0.15) is 11.8 Å². The largest absolute Gasteiger partial charge is 0.481 e. The average molecular weight is 305 g/mol. The molecule has 4 nitrogen and oxygen atoms in total. The average Bonchev–Trinajstić information content (AvgIpc) is 2.55. The van der Waals surface area contributed by atoms with Crippen molar-refractivity contribution in [3.05, 3.63) is 35.9 Å². The van der Waals surface area contributed by atoms with Crippen LogP contribution in [-0.2, 0) is 15.1 Å². The summed E-state index contributed by atoms with van der Waals surface area (Å²) in [5.74, 6) is -0.979. The van der Waals surface area contributed by atoms with Gasteiger partial charge in [-0.1, -0.05) is 69.9 Å². The van der Waals surface area contributed by atoms with E-state index in [4.69, 9.17) is 5.73 Å². The summed E-state index contributed by atoms with van der Waals surface area (Å²) in [5.41, 5.74) is 4.23. The number of rotatable bonds is 10. The fraction of sp³-hybridized carbons (Fsp3) is 0.556. The fourth-order valence-corrected chi connectivity index (χ4v) is 3.06. The maximum atomic E-state index is 12.2. The second-order valence-corrected chi connectivity index (χ2v) is 5.95. The molecular formula is C18H27NO3. The molecule has 0 amide bonds. The number of carboxylic acids is 1. The zero-order chi connectivity index (χ0) is 16.6. The van der Waals surface area contributed by atoms with Crippen molar-refractivity contribution in [1.29, 1.82) is 0 Å². The van der Waals surface area contributed by atoms with Gasteiger partial charge in [0.15, 0.2) is 0 Å². The molecule has 0 aromatic heterocycles. The van der Waals surface area contributed by atoms with Crippen LogP contribution in [0.3, 0.4) is 0 Å². The SMILES string of the molecule is CCCCC(CCCC)(C(=O)O)C(N)(C=O)c1ccccc1. The molecule has 1 rings (SSSR count). The molecule has 0 aliphatic rings. The van der Waals surface area contributed by atoms with Gasteiger partial charge in [-0.25, -0.2) is 0 Å². The summed E-state index contributed by atoms with van der Waals surface area (Å²) in [4.78, 5) is 24.1. The summed E-state index contributed by atoms with van der Waals surface area (Å²) in [6.07, 6.45) is 4.63. The first-order chi connectivity index (χ1) is 10.5. The highest BCUT2D eigenvalue weighted by Gasteiger charge is 2.54. The lowest BCUT2D eigenvalue weighted by molar-refractivity contribution is -0.158. The normalized spacial score (nSPS) is 14.3. The minimum absolute atomic E-state index is 0.406. The van der Waals surface area contributed by atoms with Gasteiger partial charge in [-0.15, -0.1) is 0 Å². The molecule has 0 saturated carbocycles. The zero-order valence-corrected chi connectivity index (χ0v) is 13.5. The first kappa shape index (κ1) is 18.4. The third-order valence-corrected chi connectivity index (χ3v) is 4.55. The third kappa shape index (κ3) is 3.38. The lowest BCUT2D eigenvalue weighted by Gasteiger charge is -2.42. The van der Waals surface area contributed by atoms with Crippen molar-refractivity contribution in [2.24, 2.45) is 11.1 Å². The van der Waals surface area contributed by atoms with Crippen molar-refractivity contribution in [3.8, 4) is 0 Å². The van der Waals surface area contributed by atoms with Crippen molar-refractivity contribution >= 4 is 12.3 Å². The number of carboxylic acid groups (broad SMARTS) is 1. The monoisotopic (exact) mass is 305 g/mol. The van der Waals surface area contributed by atoms with Crippen molar-refractivity contribution in [2.75, 3.05) is 0 Å². The molecule has 122 valence electrons. The number of nitrogens with two attached hydrogens (primary N) is 1. The van der Waals surface area contributed by atoms with E-state index in [9.17, 15) is 14.7 Å². The maximum absolute atomic E-state index is 12.2. The Labute approximate surface area is 132 Å². The molecule has 0 aliphatic carbocycles. The molecule has 1 atom stereocenters. The summed E-state index contributed by atoms with van der Waals surface area (Å²) >= 11 is 0. The molecule has 0 bridgehead atoms. The summed E-state index contributed by atoms with van der Waals surface area (Å²) in [6.45, 7) is 4.02. The third-order valence-electron chi connectivity index (χ3n) is 4.55. The Bertz CT molecular complexity index is 478. The van der Waals surface area contributed by atoms with Crippen LogP contribution in [0.5, 0.6) is 0 Å². The van der Waals surface area contributed by atoms with Crippen LogP contribution in [0.25, 0.3) is 0 Å². The number of aldehydes is 1. The summed E-state index contributed by atoms with van der Waals surface area (Å²) in [5, 5.41) is 9.97. The fourth-order valence-electron chi connectivity index (χ4n) is 3.06. The number of hydrogen-bond donors (Lipinski definition) is 2. The summed E-state index contributed by atoms with van der Waals surface area (Å²) < 4.78 is 0. The number of hydrogen-bond acceptors (Lipinski definition) is 3. The van der Waals surface area contributed by atoms with Crippen LogP contribution in [-0.4, -0.2) is 17.4 Å². The van der Waals surface area contributed by atoms with Gasteiger partial charge in [-0.3, -0.25) is 4.79 Å². The molecule has 3 N–H and O–H groups in total. The van der Waals surface area contributed by atoms with Gasteiger partial charge in [0.2, 0.25) is 0 Å². The van der Waals surface area contributed by atoms with E-state index in [1.807, 2.05) is 19.9 Å². The van der Waals surface area contributed by atoms with E-state index in [2.05, 4.69) is 0 Å². The van der Waals surface area contributed by atoms with Crippen molar-refractivity contribution in [1.82, 2.24) is 0 Å². The lowest BCUT2D eigenvalue weighted by atomic mass is 9.62. The van der Waals surface area contributed by atoms with Gasteiger partial charge in [-0.2, -0.15) is 0 Å². The van der Waals surface area contributed by atoms with Crippen LogP contribution in [0.4, 0.5) is 0 Å². The van der Waals surface area contributed by atoms with Crippen LogP contribution in [0.15, 0.2) is 30.3 Å². The minimum Gasteiger partial charge on any atom is -0.481 e. The molecule has 1 aromatic rings. The highest BCUT2D eigenvalue weighted by molar-refractivity contribution is 5.85. The summed E-state index contributed by atoms with van der Waals surface area (Å²) in [6, 6.07) is 8.88. The van der Waals surface area contributed by atoms with Gasteiger partial charge < -0.3 is 15.6 Å². The predicted molar refractivity (Wildman–Crippen MR) is 87.5 cm³/mol. The van der Waals surface area contributed by atoms with E-state index in [-0.39, 0.29) is 0 Å². The molecule has 1 unspecified atom stereocenters. The highest BCUT2D eigenvalue weighted by atomic mass is 16.4. The van der Waals surface area contributed by atoms with Gasteiger partial charge in [-0.05, 0) is 18.4 Å². The van der Waals surface area contributed by atoms with Gasteiger partial charge in [0.25, 0.3) is 0 Å². The van der Waals surface area contributed by atoms with Crippen molar-refractivity contribution < 1.29 is 14.7 Å². The predicted octanol–water partition coefficient (Wildman–Crippen LogP) is 3.49. The lowest BCUT2D eigenvalue weighted by Crippen LogP contribution is -2.58. The Kier molecular flexibility index (Phi) is 6.75. The van der Waals surface area contributed by atoms with E-state index in [1.54, 1.807) is 24.3 Å². The summed E-state index contributed by atoms with van der Waals surface area (Å²) in [7, 11) is 0. The van der Waals surface area contributed by atoms with E-state index in [1.165, 1.54) is 0 Å². The molecule has 0 heterocycles. The van der Waals surface area contributed by atoms with E-state index >= 15 is 0 Å². The van der Waals surface area contributed by atoms with Gasteiger partial charge in [0, 0.05) is 0 Å². The number of benzene rings is 1. The quantitative estimate of drug-likeness (QED) is 0.648. The van der Waals surface area contributed by atoms with Crippen LogP contribution in [0.1, 0.15) is 57.9 Å². The second kappa shape index (κ2) is 8.08. The Balaban J connectivity index is 3.42. The highest BCUT2D eigenvalue weighted by Crippen LogP contribution is 2.45. The van der Waals surface area contributed by atoms with Crippen molar-refractivity contribution in [2.45, 2.75) is 57.9 Å². The van der Waals surface area contributed by atoms with Gasteiger partial charge in [0.05, 0.1) is 5.41 Å². The number of aliphatic carboxylic acids is 1.